The molecule has 2 aromatic carbocycles. The van der Waals surface area contributed by atoms with Crippen LogP contribution in [0.5, 0.6) is 0 Å². The predicted octanol–water partition coefficient (Wildman–Crippen LogP) is 2.21. The summed E-state index contributed by atoms with van der Waals surface area (Å²) in [5, 5.41) is 17.3. The first kappa shape index (κ1) is 18.1. The van der Waals surface area contributed by atoms with E-state index in [1.54, 1.807) is 36.4 Å². The predicted molar refractivity (Wildman–Crippen MR) is 113 cm³/mol. The van der Waals surface area contributed by atoms with E-state index in [4.69, 9.17) is 0 Å². The van der Waals surface area contributed by atoms with Crippen molar-refractivity contribution in [1.82, 2.24) is 29.9 Å². The molecule has 13 heteroatoms. The smallest absolute Gasteiger partial charge is 0.329 e. The summed E-state index contributed by atoms with van der Waals surface area (Å²) in [4.78, 5) is 52.4. The Morgan fingerprint density at radius 3 is 1.94 bits per heavy atom. The second-order valence-corrected chi connectivity index (χ2v) is 6.61. The second-order valence-electron chi connectivity index (χ2n) is 6.61. The number of hydrogen-bond donors (Lipinski definition) is 6. The second kappa shape index (κ2) is 6.84. The number of rotatable bonds is 5. The molecule has 0 saturated heterocycles. The molecule has 154 valence electrons. The minimum absolute atomic E-state index is 0.0316. The van der Waals surface area contributed by atoms with Gasteiger partial charge in [0.15, 0.2) is 0 Å². The highest BCUT2D eigenvalue weighted by Crippen LogP contribution is 2.28. The maximum Gasteiger partial charge on any atom is 0.329 e. The molecule has 0 fully saturated rings. The summed E-state index contributed by atoms with van der Waals surface area (Å²) < 4.78 is 0. The molecule has 0 radical (unpaired) electrons. The van der Waals surface area contributed by atoms with Gasteiger partial charge in [-0.25, -0.2) is 14.6 Å². The maximum atomic E-state index is 11.4. The minimum atomic E-state index is -0.598. The number of nitrogens with zero attached hydrogens (tertiary/aromatic N) is 3. The van der Waals surface area contributed by atoms with Gasteiger partial charge in [-0.05, 0) is 36.4 Å². The van der Waals surface area contributed by atoms with Crippen LogP contribution in [0.4, 0.5) is 28.8 Å². The van der Waals surface area contributed by atoms with E-state index >= 15 is 0 Å². The van der Waals surface area contributed by atoms with Crippen molar-refractivity contribution < 1.29 is 4.92 Å². The van der Waals surface area contributed by atoms with Crippen LogP contribution in [-0.4, -0.2) is 34.8 Å². The van der Waals surface area contributed by atoms with E-state index in [2.05, 4.69) is 40.5 Å². The summed E-state index contributed by atoms with van der Waals surface area (Å²) in [5.41, 5.74) is 2.43. The number of nitrogens with one attached hydrogen (secondary N) is 6. The van der Waals surface area contributed by atoms with Gasteiger partial charge in [-0.1, -0.05) is 0 Å². The Morgan fingerprint density at radius 1 is 0.806 bits per heavy atom. The third kappa shape index (κ3) is 3.46. The number of anilines is 4. The SMILES string of the molecule is O=c1[nH]c2ccc(Nc3ncc([N+](=O)[O-])c(Nc4ccc5[nH]c(=O)[nH]c5c4)n3)cc2[nH]1. The standard InChI is InChI=1S/C18H13N9O4/c28-17-22-10-3-1-8(5-12(10)24-17)20-15-14(27(30)31)7-19-16(26-15)21-9-2-4-11-13(6-9)25-18(29)23-11/h1-7H,(H2,22,24,28)(H2,23,25,29)(H2,19,20,21,26). The Kier molecular flexibility index (Phi) is 4.00. The molecular weight excluding hydrogens is 406 g/mol. The lowest BCUT2D eigenvalue weighted by Crippen LogP contribution is -2.04. The Bertz CT molecular complexity index is 1580. The van der Waals surface area contributed by atoms with Gasteiger partial charge < -0.3 is 30.6 Å². The highest BCUT2D eigenvalue weighted by Gasteiger charge is 2.18. The van der Waals surface area contributed by atoms with Gasteiger partial charge >= 0.3 is 17.1 Å². The molecule has 0 spiro atoms. The molecule has 0 aliphatic heterocycles. The summed E-state index contributed by atoms with van der Waals surface area (Å²) in [5.74, 6) is 0.0809. The number of hydrogen-bond acceptors (Lipinski definition) is 8. The molecule has 3 aromatic heterocycles. The van der Waals surface area contributed by atoms with Crippen molar-refractivity contribution in [2.45, 2.75) is 0 Å². The molecule has 0 amide bonds. The Labute approximate surface area is 170 Å². The van der Waals surface area contributed by atoms with Crippen molar-refractivity contribution in [2.24, 2.45) is 0 Å². The van der Waals surface area contributed by atoms with E-state index in [-0.39, 0.29) is 28.8 Å². The third-order valence-corrected chi connectivity index (χ3v) is 4.52. The lowest BCUT2D eigenvalue weighted by atomic mass is 10.2. The van der Waals surface area contributed by atoms with Crippen molar-refractivity contribution in [3.63, 3.8) is 0 Å². The fraction of sp³-hybridized carbons (Fsp3) is 0. The summed E-state index contributed by atoms with van der Waals surface area (Å²) in [7, 11) is 0. The van der Waals surface area contributed by atoms with Crippen LogP contribution >= 0.6 is 0 Å². The normalized spacial score (nSPS) is 11.1. The molecule has 3 heterocycles. The van der Waals surface area contributed by atoms with Gasteiger partial charge in [0.05, 0.1) is 27.0 Å². The molecule has 0 atom stereocenters. The van der Waals surface area contributed by atoms with Crippen molar-refractivity contribution in [3.8, 4) is 0 Å². The number of imidazole rings is 2. The zero-order valence-electron chi connectivity index (χ0n) is 15.5. The Morgan fingerprint density at radius 2 is 1.35 bits per heavy atom. The van der Waals surface area contributed by atoms with Gasteiger partial charge in [-0.2, -0.15) is 4.98 Å². The highest BCUT2D eigenvalue weighted by molar-refractivity contribution is 5.81. The highest BCUT2D eigenvalue weighted by atomic mass is 16.6. The molecule has 5 aromatic rings. The summed E-state index contributed by atoms with van der Waals surface area (Å²) in [6, 6.07) is 10.0. The average Bonchev–Trinajstić information content (AvgIpc) is 3.27. The van der Waals surface area contributed by atoms with E-state index in [9.17, 15) is 19.7 Å². The Hall–Kier alpha value is -4.94. The molecule has 6 N–H and O–H groups in total. The van der Waals surface area contributed by atoms with E-state index in [1.165, 1.54) is 0 Å². The van der Waals surface area contributed by atoms with Crippen molar-refractivity contribution in [2.75, 3.05) is 10.6 Å². The van der Waals surface area contributed by atoms with Gasteiger partial charge in [0.2, 0.25) is 11.8 Å². The zero-order valence-corrected chi connectivity index (χ0v) is 15.5. The fourth-order valence-corrected chi connectivity index (χ4v) is 3.15. The molecule has 0 saturated carbocycles. The number of aromatic amines is 4. The molecule has 5 rings (SSSR count). The van der Waals surface area contributed by atoms with Gasteiger partial charge in [0.25, 0.3) is 0 Å². The van der Waals surface area contributed by atoms with E-state index < -0.39 is 4.92 Å². The van der Waals surface area contributed by atoms with Gasteiger partial charge in [-0.3, -0.25) is 10.1 Å². The zero-order chi connectivity index (χ0) is 21.5. The minimum Gasteiger partial charge on any atom is -0.334 e. The van der Waals surface area contributed by atoms with Crippen molar-refractivity contribution in [3.05, 3.63) is 73.7 Å². The van der Waals surface area contributed by atoms with Crippen LogP contribution in [0.2, 0.25) is 0 Å². The van der Waals surface area contributed by atoms with Crippen LogP contribution in [-0.2, 0) is 0 Å². The molecule has 0 unspecified atom stereocenters. The summed E-state index contributed by atoms with van der Waals surface area (Å²) >= 11 is 0. The van der Waals surface area contributed by atoms with Crippen LogP contribution < -0.4 is 22.0 Å². The number of aromatic nitrogens is 6. The Balaban J connectivity index is 1.48. The van der Waals surface area contributed by atoms with E-state index in [0.717, 1.165) is 6.20 Å². The maximum absolute atomic E-state index is 11.4. The van der Waals surface area contributed by atoms with E-state index in [1.807, 2.05) is 0 Å². The molecule has 0 bridgehead atoms. The summed E-state index contributed by atoms with van der Waals surface area (Å²) in [6.45, 7) is 0. The van der Waals surface area contributed by atoms with Crippen molar-refractivity contribution in [1.29, 1.82) is 0 Å². The quantitative estimate of drug-likeness (QED) is 0.184. The first-order valence-electron chi connectivity index (χ1n) is 8.94. The van der Waals surface area contributed by atoms with Crippen LogP contribution in [0.3, 0.4) is 0 Å². The number of benzene rings is 2. The number of nitro groups is 1. The lowest BCUT2D eigenvalue weighted by Gasteiger charge is -2.09. The fourth-order valence-electron chi connectivity index (χ4n) is 3.15. The van der Waals surface area contributed by atoms with E-state index in [0.29, 0.717) is 33.4 Å². The van der Waals surface area contributed by atoms with Gasteiger partial charge in [0.1, 0.15) is 6.20 Å². The van der Waals surface area contributed by atoms with Crippen molar-refractivity contribution >= 4 is 50.9 Å². The van der Waals surface area contributed by atoms with Gasteiger partial charge in [-0.15, -0.1) is 0 Å². The molecule has 0 aliphatic carbocycles. The molecule has 13 nitrogen and oxygen atoms in total. The molecule has 0 aliphatic rings. The van der Waals surface area contributed by atoms with Crippen LogP contribution in [0, 0.1) is 10.1 Å². The monoisotopic (exact) mass is 419 g/mol. The van der Waals surface area contributed by atoms with Crippen LogP contribution in [0.15, 0.2) is 52.2 Å². The number of H-pyrrole nitrogens is 4. The first-order valence-corrected chi connectivity index (χ1v) is 8.94. The van der Waals surface area contributed by atoms with Crippen LogP contribution in [0.25, 0.3) is 22.1 Å². The third-order valence-electron chi connectivity index (χ3n) is 4.52. The van der Waals surface area contributed by atoms with Gasteiger partial charge in [0, 0.05) is 11.4 Å². The topological polar surface area (TPSA) is 190 Å². The number of fused-ring (bicyclic) bond motifs is 2. The van der Waals surface area contributed by atoms with Crippen LogP contribution in [0.1, 0.15) is 0 Å². The summed E-state index contributed by atoms with van der Waals surface area (Å²) in [6.07, 6.45) is 1.09. The average molecular weight is 419 g/mol. The largest absolute Gasteiger partial charge is 0.334 e. The lowest BCUT2D eigenvalue weighted by molar-refractivity contribution is -0.384. The molecular formula is C18H13N9O4. The molecule has 31 heavy (non-hydrogen) atoms. The first-order chi connectivity index (χ1) is 14.9.